The summed E-state index contributed by atoms with van der Waals surface area (Å²) in [5.41, 5.74) is 0.405. The Morgan fingerprint density at radius 2 is 1.53 bits per heavy atom. The van der Waals surface area contributed by atoms with Gasteiger partial charge in [0.15, 0.2) is 5.54 Å². The van der Waals surface area contributed by atoms with Crippen LogP contribution in [0.15, 0.2) is 84.9 Å². The maximum atomic E-state index is 13.6. The number of urea groups is 1. The number of nitrogens with one attached hydrogen (secondary N) is 1. The zero-order valence-corrected chi connectivity index (χ0v) is 17.5. The summed E-state index contributed by atoms with van der Waals surface area (Å²) in [6, 6.07) is 23.2. The average Bonchev–Trinajstić information content (AvgIpc) is 3.06. The number of benzene rings is 3. The lowest BCUT2D eigenvalue weighted by Gasteiger charge is -2.28. The van der Waals surface area contributed by atoms with Gasteiger partial charge in [0.1, 0.15) is 12.4 Å². The van der Waals surface area contributed by atoms with Crippen molar-refractivity contribution in [1.82, 2.24) is 15.1 Å². The highest BCUT2D eigenvalue weighted by molar-refractivity contribution is 6.11. The Morgan fingerprint density at radius 1 is 0.938 bits per heavy atom. The van der Waals surface area contributed by atoms with Crippen LogP contribution in [-0.4, -0.2) is 41.2 Å². The Labute approximate surface area is 185 Å². The predicted octanol–water partition coefficient (Wildman–Crippen LogP) is 3.28. The SMILES string of the molecule is CN(Cc1cccc(F)c1)C(=O)CN1C(=O)NC(c2ccccc2)(c2ccccc2)C1=O. The van der Waals surface area contributed by atoms with Gasteiger partial charge in [-0.3, -0.25) is 14.5 Å². The molecule has 0 bridgehead atoms. The largest absolute Gasteiger partial charge is 0.340 e. The molecule has 0 aliphatic carbocycles. The number of likely N-dealkylation sites (N-methyl/N-ethyl adjacent to an activating group) is 1. The van der Waals surface area contributed by atoms with Crippen molar-refractivity contribution < 1.29 is 18.8 Å². The number of hydrogen-bond acceptors (Lipinski definition) is 3. The van der Waals surface area contributed by atoms with E-state index in [-0.39, 0.29) is 6.54 Å². The third-order valence-electron chi connectivity index (χ3n) is 5.55. The zero-order valence-electron chi connectivity index (χ0n) is 17.5. The van der Waals surface area contributed by atoms with Crippen molar-refractivity contribution in [1.29, 1.82) is 0 Å². The third kappa shape index (κ3) is 3.85. The summed E-state index contributed by atoms with van der Waals surface area (Å²) in [5.74, 6) is -1.35. The number of hydrogen-bond donors (Lipinski definition) is 1. The van der Waals surface area contributed by atoms with Crippen LogP contribution in [0.4, 0.5) is 9.18 Å². The van der Waals surface area contributed by atoms with Crippen molar-refractivity contribution in [3.8, 4) is 0 Å². The predicted molar refractivity (Wildman–Crippen MR) is 117 cm³/mol. The minimum absolute atomic E-state index is 0.156. The number of halogens is 1. The molecular weight excluding hydrogens is 409 g/mol. The van der Waals surface area contributed by atoms with Gasteiger partial charge in [-0.05, 0) is 28.8 Å². The summed E-state index contributed by atoms with van der Waals surface area (Å²) >= 11 is 0. The summed E-state index contributed by atoms with van der Waals surface area (Å²) in [6.07, 6.45) is 0. The fraction of sp³-hybridized carbons (Fsp3) is 0.160. The van der Waals surface area contributed by atoms with Crippen LogP contribution in [0.1, 0.15) is 16.7 Å². The first-order valence-corrected chi connectivity index (χ1v) is 10.2. The molecule has 3 aromatic carbocycles. The van der Waals surface area contributed by atoms with E-state index in [2.05, 4.69) is 5.32 Å². The molecule has 1 saturated heterocycles. The van der Waals surface area contributed by atoms with Gasteiger partial charge in [-0.15, -0.1) is 0 Å². The van der Waals surface area contributed by atoms with E-state index < -0.39 is 35.7 Å². The smallest absolute Gasteiger partial charge is 0.326 e. The van der Waals surface area contributed by atoms with Crippen LogP contribution in [0.3, 0.4) is 0 Å². The van der Waals surface area contributed by atoms with Gasteiger partial charge < -0.3 is 10.2 Å². The fourth-order valence-corrected chi connectivity index (χ4v) is 3.91. The highest BCUT2D eigenvalue weighted by Gasteiger charge is 2.54. The second-order valence-corrected chi connectivity index (χ2v) is 7.68. The van der Waals surface area contributed by atoms with Gasteiger partial charge in [0.05, 0.1) is 0 Å². The summed E-state index contributed by atoms with van der Waals surface area (Å²) in [4.78, 5) is 41.6. The maximum absolute atomic E-state index is 13.6. The van der Waals surface area contributed by atoms with E-state index in [1.54, 1.807) is 67.7 Å². The number of carbonyl (C=O) groups excluding carboxylic acids is 3. The first-order valence-electron chi connectivity index (χ1n) is 10.2. The topological polar surface area (TPSA) is 69.7 Å². The van der Waals surface area contributed by atoms with Crippen LogP contribution < -0.4 is 5.32 Å². The van der Waals surface area contributed by atoms with Gasteiger partial charge in [0.25, 0.3) is 5.91 Å². The molecule has 6 nitrogen and oxygen atoms in total. The molecule has 162 valence electrons. The number of amides is 4. The van der Waals surface area contributed by atoms with E-state index in [1.165, 1.54) is 17.0 Å². The van der Waals surface area contributed by atoms with E-state index in [0.717, 1.165) is 4.90 Å². The Hall–Kier alpha value is -4.00. The quantitative estimate of drug-likeness (QED) is 0.609. The number of carbonyl (C=O) groups is 3. The molecule has 0 aromatic heterocycles. The minimum Gasteiger partial charge on any atom is -0.340 e. The Balaban J connectivity index is 1.60. The average molecular weight is 431 g/mol. The van der Waals surface area contributed by atoms with Crippen LogP contribution in [0, 0.1) is 5.82 Å². The lowest BCUT2D eigenvalue weighted by Crippen LogP contribution is -2.46. The molecular formula is C25H22FN3O3. The summed E-state index contributed by atoms with van der Waals surface area (Å²) in [7, 11) is 1.55. The maximum Gasteiger partial charge on any atom is 0.326 e. The van der Waals surface area contributed by atoms with Crippen molar-refractivity contribution in [2.45, 2.75) is 12.1 Å². The van der Waals surface area contributed by atoms with Gasteiger partial charge in [-0.1, -0.05) is 72.8 Å². The van der Waals surface area contributed by atoms with E-state index in [9.17, 15) is 18.8 Å². The first-order chi connectivity index (χ1) is 15.4. The van der Waals surface area contributed by atoms with Crippen LogP contribution in [0.5, 0.6) is 0 Å². The van der Waals surface area contributed by atoms with E-state index in [1.807, 2.05) is 12.1 Å². The van der Waals surface area contributed by atoms with Crippen LogP contribution in [0.2, 0.25) is 0 Å². The van der Waals surface area contributed by atoms with Crippen LogP contribution in [0.25, 0.3) is 0 Å². The van der Waals surface area contributed by atoms with Crippen molar-refractivity contribution in [2.24, 2.45) is 0 Å². The highest BCUT2D eigenvalue weighted by atomic mass is 19.1. The van der Waals surface area contributed by atoms with Crippen molar-refractivity contribution in [3.63, 3.8) is 0 Å². The molecule has 0 radical (unpaired) electrons. The minimum atomic E-state index is -1.42. The van der Waals surface area contributed by atoms with Crippen molar-refractivity contribution >= 4 is 17.8 Å². The standard InChI is InChI=1S/C25H22FN3O3/c1-28(16-18-9-8-14-21(26)15-18)22(30)17-29-23(31)25(27-24(29)32,19-10-4-2-5-11-19)20-12-6-3-7-13-20/h2-15H,16-17H2,1H3,(H,27,32). The second kappa shape index (κ2) is 8.63. The fourth-order valence-electron chi connectivity index (χ4n) is 3.91. The Bertz CT molecular complexity index is 1110. The molecule has 4 amide bonds. The molecule has 0 saturated carbocycles. The number of imide groups is 1. The lowest BCUT2D eigenvalue weighted by atomic mass is 9.82. The Kier molecular flexibility index (Phi) is 5.73. The van der Waals surface area contributed by atoms with Crippen molar-refractivity contribution in [2.75, 3.05) is 13.6 Å². The summed E-state index contributed by atoms with van der Waals surface area (Å²) < 4.78 is 13.4. The highest BCUT2D eigenvalue weighted by Crippen LogP contribution is 2.35. The molecule has 1 aliphatic heterocycles. The van der Waals surface area contributed by atoms with Gasteiger partial charge >= 0.3 is 6.03 Å². The van der Waals surface area contributed by atoms with Crippen LogP contribution in [-0.2, 0) is 21.7 Å². The summed E-state index contributed by atoms with van der Waals surface area (Å²) in [5, 5.41) is 2.82. The monoisotopic (exact) mass is 431 g/mol. The molecule has 3 aromatic rings. The molecule has 0 unspecified atom stereocenters. The molecule has 32 heavy (non-hydrogen) atoms. The Morgan fingerprint density at radius 3 is 2.09 bits per heavy atom. The zero-order chi connectivity index (χ0) is 22.7. The van der Waals surface area contributed by atoms with Crippen LogP contribution >= 0.6 is 0 Å². The van der Waals surface area contributed by atoms with E-state index in [0.29, 0.717) is 16.7 Å². The molecule has 1 aliphatic rings. The molecule has 1 heterocycles. The molecule has 0 atom stereocenters. The van der Waals surface area contributed by atoms with Gasteiger partial charge in [-0.2, -0.15) is 0 Å². The van der Waals surface area contributed by atoms with Gasteiger partial charge in [0.2, 0.25) is 5.91 Å². The molecule has 4 rings (SSSR count). The molecule has 1 N–H and O–H groups in total. The summed E-state index contributed by atoms with van der Waals surface area (Å²) in [6.45, 7) is -0.263. The van der Waals surface area contributed by atoms with Gasteiger partial charge in [-0.25, -0.2) is 9.18 Å². The molecule has 7 heteroatoms. The third-order valence-corrected chi connectivity index (χ3v) is 5.55. The number of nitrogens with zero attached hydrogens (tertiary/aromatic N) is 2. The van der Waals surface area contributed by atoms with E-state index >= 15 is 0 Å². The second-order valence-electron chi connectivity index (χ2n) is 7.68. The number of rotatable bonds is 6. The van der Waals surface area contributed by atoms with Crippen molar-refractivity contribution in [3.05, 3.63) is 107 Å². The normalized spacial score (nSPS) is 14.9. The molecule has 1 fully saturated rings. The lowest BCUT2D eigenvalue weighted by molar-refractivity contribution is -0.138. The first kappa shape index (κ1) is 21.2. The molecule has 0 spiro atoms. The van der Waals surface area contributed by atoms with E-state index in [4.69, 9.17) is 0 Å². The van der Waals surface area contributed by atoms with Gasteiger partial charge in [0, 0.05) is 13.6 Å².